The second kappa shape index (κ2) is 5.17. The highest BCUT2D eigenvalue weighted by Crippen LogP contribution is 2.27. The normalized spacial score (nSPS) is 26.6. The molecule has 0 atom stereocenters. The average Bonchev–Trinajstić information content (AvgIpc) is 2.15. The van der Waals surface area contributed by atoms with E-state index < -0.39 is 5.54 Å². The van der Waals surface area contributed by atoms with Gasteiger partial charge in [-0.2, -0.15) is 0 Å². The molecule has 1 saturated carbocycles. The maximum Gasteiger partial charge on any atom is 0.224 e. The first kappa shape index (κ1) is 13.5. The van der Waals surface area contributed by atoms with Crippen LogP contribution in [0.3, 0.4) is 0 Å². The topological polar surface area (TPSA) is 46.3 Å². The van der Waals surface area contributed by atoms with Crippen molar-refractivity contribution in [3.63, 3.8) is 0 Å². The summed E-state index contributed by atoms with van der Waals surface area (Å²) in [4.78, 5) is 13.9. The highest BCUT2D eigenvalue weighted by atomic mass is 16.2. The fourth-order valence-corrected chi connectivity index (χ4v) is 2.35. The zero-order valence-corrected chi connectivity index (χ0v) is 11.1. The summed E-state index contributed by atoms with van der Waals surface area (Å²) in [7, 11) is 1.93. The molecule has 3 nitrogen and oxygen atoms in total. The van der Waals surface area contributed by atoms with Gasteiger partial charge in [-0.25, -0.2) is 0 Å². The lowest BCUT2D eigenvalue weighted by Crippen LogP contribution is -2.44. The Bertz CT molecular complexity index is 237. The monoisotopic (exact) mass is 226 g/mol. The number of nitrogens with zero attached hydrogens (tertiary/aromatic N) is 1. The third-order valence-corrected chi connectivity index (χ3v) is 3.53. The summed E-state index contributed by atoms with van der Waals surface area (Å²) in [6.45, 7) is 6.10. The number of amides is 1. The van der Waals surface area contributed by atoms with E-state index in [0.29, 0.717) is 12.5 Å². The Balaban J connectivity index is 2.45. The number of rotatable bonds is 3. The van der Waals surface area contributed by atoms with E-state index in [9.17, 15) is 4.79 Å². The molecule has 0 spiro atoms. The summed E-state index contributed by atoms with van der Waals surface area (Å²) < 4.78 is 0. The van der Waals surface area contributed by atoms with E-state index in [1.165, 1.54) is 12.8 Å². The van der Waals surface area contributed by atoms with Crippen LogP contribution in [-0.4, -0.2) is 29.4 Å². The van der Waals surface area contributed by atoms with Crippen LogP contribution in [0.1, 0.15) is 52.9 Å². The van der Waals surface area contributed by atoms with Gasteiger partial charge in [0.25, 0.3) is 0 Å². The molecule has 1 fully saturated rings. The molecular formula is C13H26N2O. The van der Waals surface area contributed by atoms with Gasteiger partial charge >= 0.3 is 0 Å². The largest absolute Gasteiger partial charge is 0.343 e. The fraction of sp³-hybridized carbons (Fsp3) is 0.923. The Hall–Kier alpha value is -0.570. The summed E-state index contributed by atoms with van der Waals surface area (Å²) in [6, 6.07) is 0.436. The van der Waals surface area contributed by atoms with Crippen molar-refractivity contribution >= 4 is 5.91 Å². The smallest absolute Gasteiger partial charge is 0.224 e. The Labute approximate surface area is 99.4 Å². The van der Waals surface area contributed by atoms with Crippen LogP contribution < -0.4 is 5.73 Å². The van der Waals surface area contributed by atoms with Crippen molar-refractivity contribution in [2.24, 2.45) is 11.7 Å². The predicted octanol–water partition coefficient (Wildman–Crippen LogP) is 2.15. The van der Waals surface area contributed by atoms with Gasteiger partial charge in [0.2, 0.25) is 5.91 Å². The molecule has 0 heterocycles. The van der Waals surface area contributed by atoms with Crippen LogP contribution in [0, 0.1) is 5.92 Å². The van der Waals surface area contributed by atoms with E-state index in [2.05, 4.69) is 6.92 Å². The molecule has 1 rings (SSSR count). The van der Waals surface area contributed by atoms with Crippen molar-refractivity contribution in [3.05, 3.63) is 0 Å². The van der Waals surface area contributed by atoms with Gasteiger partial charge in [-0.15, -0.1) is 0 Å². The third-order valence-electron chi connectivity index (χ3n) is 3.53. The van der Waals surface area contributed by atoms with Crippen LogP contribution in [0.2, 0.25) is 0 Å². The Morgan fingerprint density at radius 2 is 1.81 bits per heavy atom. The van der Waals surface area contributed by atoms with E-state index in [1.54, 1.807) is 0 Å². The number of hydrogen-bond acceptors (Lipinski definition) is 2. The number of carbonyl (C=O) groups excluding carboxylic acids is 1. The molecule has 1 amide bonds. The van der Waals surface area contributed by atoms with Gasteiger partial charge in [-0.1, -0.05) is 6.92 Å². The van der Waals surface area contributed by atoms with Crippen LogP contribution in [0.15, 0.2) is 0 Å². The maximum atomic E-state index is 12.0. The first-order chi connectivity index (χ1) is 7.29. The summed E-state index contributed by atoms with van der Waals surface area (Å²) >= 11 is 0. The molecule has 3 heteroatoms. The first-order valence-electron chi connectivity index (χ1n) is 6.34. The molecule has 0 saturated heterocycles. The Morgan fingerprint density at radius 1 is 1.31 bits per heavy atom. The molecule has 0 radical (unpaired) electrons. The van der Waals surface area contributed by atoms with Crippen LogP contribution >= 0.6 is 0 Å². The van der Waals surface area contributed by atoms with Gasteiger partial charge in [0.05, 0.1) is 0 Å². The highest BCUT2D eigenvalue weighted by Gasteiger charge is 2.27. The molecule has 0 unspecified atom stereocenters. The molecule has 0 aliphatic heterocycles. The Kier molecular flexibility index (Phi) is 4.36. The van der Waals surface area contributed by atoms with Gasteiger partial charge in [0, 0.05) is 25.0 Å². The summed E-state index contributed by atoms with van der Waals surface area (Å²) in [5.41, 5.74) is 5.48. The number of hydrogen-bond donors (Lipinski definition) is 1. The molecule has 0 aromatic carbocycles. The van der Waals surface area contributed by atoms with Crippen molar-refractivity contribution < 1.29 is 4.79 Å². The molecule has 1 aliphatic carbocycles. The van der Waals surface area contributed by atoms with Gasteiger partial charge in [0.15, 0.2) is 0 Å². The average molecular weight is 226 g/mol. The van der Waals surface area contributed by atoms with E-state index >= 15 is 0 Å². The lowest BCUT2D eigenvalue weighted by molar-refractivity contribution is -0.133. The Morgan fingerprint density at radius 3 is 2.25 bits per heavy atom. The second-order valence-corrected chi connectivity index (χ2v) is 6.08. The molecule has 1 aliphatic rings. The molecular weight excluding hydrogens is 200 g/mol. The van der Waals surface area contributed by atoms with Gasteiger partial charge in [-0.05, 0) is 45.4 Å². The molecule has 0 aromatic rings. The first-order valence-corrected chi connectivity index (χ1v) is 6.34. The standard InChI is InChI=1S/C13H26N2O/c1-10-5-7-11(8-6-10)15(4)12(16)9-13(2,3)14/h10-11H,5-9,14H2,1-4H3. The van der Waals surface area contributed by atoms with E-state index in [4.69, 9.17) is 5.73 Å². The molecule has 0 bridgehead atoms. The molecule has 0 aromatic heterocycles. The van der Waals surface area contributed by atoms with E-state index in [1.807, 2.05) is 25.8 Å². The maximum absolute atomic E-state index is 12.0. The quantitative estimate of drug-likeness (QED) is 0.801. The fourth-order valence-electron chi connectivity index (χ4n) is 2.35. The van der Waals surface area contributed by atoms with Crippen LogP contribution in [-0.2, 0) is 4.79 Å². The second-order valence-electron chi connectivity index (χ2n) is 6.08. The van der Waals surface area contributed by atoms with Crippen LogP contribution in [0.5, 0.6) is 0 Å². The number of nitrogens with two attached hydrogens (primary N) is 1. The SMILES string of the molecule is CC1CCC(N(C)C(=O)CC(C)(C)N)CC1. The molecule has 2 N–H and O–H groups in total. The van der Waals surface area contributed by atoms with Gasteiger partial charge in [0.1, 0.15) is 0 Å². The summed E-state index contributed by atoms with van der Waals surface area (Å²) in [5.74, 6) is 1.01. The third kappa shape index (κ3) is 4.12. The van der Waals surface area contributed by atoms with Crippen molar-refractivity contribution in [1.82, 2.24) is 4.90 Å². The molecule has 94 valence electrons. The van der Waals surface area contributed by atoms with Crippen molar-refractivity contribution in [1.29, 1.82) is 0 Å². The van der Waals surface area contributed by atoms with E-state index in [-0.39, 0.29) is 5.91 Å². The minimum absolute atomic E-state index is 0.187. The van der Waals surface area contributed by atoms with Crippen molar-refractivity contribution in [2.45, 2.75) is 64.5 Å². The highest BCUT2D eigenvalue weighted by molar-refractivity contribution is 5.77. The lowest BCUT2D eigenvalue weighted by Gasteiger charge is -2.35. The van der Waals surface area contributed by atoms with Crippen LogP contribution in [0.25, 0.3) is 0 Å². The summed E-state index contributed by atoms with van der Waals surface area (Å²) in [6.07, 6.45) is 5.22. The molecule has 16 heavy (non-hydrogen) atoms. The minimum atomic E-state index is -0.396. The van der Waals surface area contributed by atoms with Crippen molar-refractivity contribution in [2.75, 3.05) is 7.05 Å². The lowest BCUT2D eigenvalue weighted by atomic mass is 9.86. The minimum Gasteiger partial charge on any atom is -0.343 e. The number of carbonyl (C=O) groups is 1. The summed E-state index contributed by atoms with van der Waals surface area (Å²) in [5, 5.41) is 0. The van der Waals surface area contributed by atoms with Crippen molar-refractivity contribution in [3.8, 4) is 0 Å². The van der Waals surface area contributed by atoms with E-state index in [0.717, 1.165) is 18.8 Å². The zero-order chi connectivity index (χ0) is 12.3. The van der Waals surface area contributed by atoms with Gasteiger partial charge in [-0.3, -0.25) is 4.79 Å². The predicted molar refractivity (Wildman–Crippen MR) is 67.1 cm³/mol. The zero-order valence-electron chi connectivity index (χ0n) is 11.1. The van der Waals surface area contributed by atoms with Gasteiger partial charge < -0.3 is 10.6 Å². The van der Waals surface area contributed by atoms with Crippen LogP contribution in [0.4, 0.5) is 0 Å².